The zero-order valence-corrected chi connectivity index (χ0v) is 12.7. The van der Waals surface area contributed by atoms with E-state index in [1.54, 1.807) is 0 Å². The fourth-order valence-electron chi connectivity index (χ4n) is 2.71. The average molecular weight is 283 g/mol. The van der Waals surface area contributed by atoms with Crippen LogP contribution in [0.3, 0.4) is 0 Å². The van der Waals surface area contributed by atoms with E-state index in [0.717, 1.165) is 35.5 Å². The number of nitrogen functional groups attached to an aromatic ring is 1. The molecule has 2 N–H and O–H groups in total. The molecule has 21 heavy (non-hydrogen) atoms. The van der Waals surface area contributed by atoms with Gasteiger partial charge in [-0.15, -0.1) is 0 Å². The molecule has 0 atom stereocenters. The van der Waals surface area contributed by atoms with Crippen molar-refractivity contribution in [2.24, 2.45) is 7.05 Å². The Bertz CT molecular complexity index is 766. The van der Waals surface area contributed by atoms with Gasteiger partial charge in [0.05, 0.1) is 11.0 Å². The minimum Gasteiger partial charge on any atom is -0.399 e. The highest BCUT2D eigenvalue weighted by Gasteiger charge is 2.14. The number of aromatic nitrogens is 4. The summed E-state index contributed by atoms with van der Waals surface area (Å²) in [6, 6.07) is 8.01. The number of hydrogen-bond donors (Lipinski definition) is 1. The van der Waals surface area contributed by atoms with Crippen molar-refractivity contribution in [2.75, 3.05) is 5.73 Å². The molecular weight excluding hydrogens is 262 g/mol. The predicted molar refractivity (Wildman–Crippen MR) is 85.1 cm³/mol. The average Bonchev–Trinajstić information content (AvgIpc) is 2.99. The lowest BCUT2D eigenvalue weighted by Gasteiger charge is -2.11. The van der Waals surface area contributed by atoms with E-state index >= 15 is 0 Å². The lowest BCUT2D eigenvalue weighted by Crippen LogP contribution is -2.09. The molecule has 0 radical (unpaired) electrons. The first kappa shape index (κ1) is 13.7. The maximum absolute atomic E-state index is 5.87. The molecule has 0 amide bonds. The molecule has 0 unspecified atom stereocenters. The van der Waals surface area contributed by atoms with E-state index in [1.807, 2.05) is 30.1 Å². The van der Waals surface area contributed by atoms with Crippen LogP contribution in [0.5, 0.6) is 0 Å². The van der Waals surface area contributed by atoms with Gasteiger partial charge in [-0.3, -0.25) is 4.68 Å². The second-order valence-electron chi connectivity index (χ2n) is 5.72. The Hall–Kier alpha value is -2.30. The third kappa shape index (κ3) is 2.51. The Balaban J connectivity index is 1.99. The zero-order valence-electron chi connectivity index (χ0n) is 12.7. The molecule has 0 saturated carbocycles. The number of rotatable bonds is 4. The van der Waals surface area contributed by atoms with Gasteiger partial charge >= 0.3 is 0 Å². The van der Waals surface area contributed by atoms with Crippen molar-refractivity contribution >= 4 is 16.7 Å². The van der Waals surface area contributed by atoms with Gasteiger partial charge in [-0.05, 0) is 24.3 Å². The highest BCUT2D eigenvalue weighted by atomic mass is 15.3. The standard InChI is InChI=1S/C16H21N5/c1-11(2)16-19-14-10-12(17)4-5-15(14)21(16)9-7-13-6-8-18-20(13)3/h4-6,8,10-11H,7,9,17H2,1-3H3. The summed E-state index contributed by atoms with van der Waals surface area (Å²) in [4.78, 5) is 4.76. The van der Waals surface area contributed by atoms with Crippen LogP contribution in [0.1, 0.15) is 31.3 Å². The minimum atomic E-state index is 0.380. The quantitative estimate of drug-likeness (QED) is 0.749. The minimum absolute atomic E-state index is 0.380. The maximum atomic E-state index is 5.87. The fourth-order valence-corrected chi connectivity index (χ4v) is 2.71. The maximum Gasteiger partial charge on any atom is 0.112 e. The van der Waals surface area contributed by atoms with Gasteiger partial charge in [0.2, 0.25) is 0 Å². The molecule has 0 aliphatic rings. The van der Waals surface area contributed by atoms with Crippen LogP contribution >= 0.6 is 0 Å². The first-order valence-corrected chi connectivity index (χ1v) is 7.29. The number of imidazole rings is 1. The van der Waals surface area contributed by atoms with E-state index in [9.17, 15) is 0 Å². The highest BCUT2D eigenvalue weighted by Crippen LogP contribution is 2.24. The first-order valence-electron chi connectivity index (χ1n) is 7.29. The molecule has 3 rings (SSSR count). The summed E-state index contributed by atoms with van der Waals surface area (Å²) in [5.41, 5.74) is 9.98. The van der Waals surface area contributed by atoms with Gasteiger partial charge in [0, 0.05) is 43.5 Å². The summed E-state index contributed by atoms with van der Waals surface area (Å²) in [6.45, 7) is 5.24. The van der Waals surface area contributed by atoms with Crippen LogP contribution < -0.4 is 5.73 Å². The van der Waals surface area contributed by atoms with Gasteiger partial charge in [-0.1, -0.05) is 13.8 Å². The van der Waals surface area contributed by atoms with Crippen LogP contribution in [-0.4, -0.2) is 19.3 Å². The second kappa shape index (κ2) is 5.24. The molecule has 0 saturated heterocycles. The first-order chi connectivity index (χ1) is 10.1. The van der Waals surface area contributed by atoms with E-state index in [2.05, 4.69) is 35.6 Å². The van der Waals surface area contributed by atoms with Gasteiger partial charge in [-0.2, -0.15) is 5.10 Å². The number of nitrogens with zero attached hydrogens (tertiary/aromatic N) is 4. The molecule has 110 valence electrons. The Labute approximate surface area is 124 Å². The van der Waals surface area contributed by atoms with Gasteiger partial charge < -0.3 is 10.3 Å². The van der Waals surface area contributed by atoms with Crippen LogP contribution in [0.15, 0.2) is 30.5 Å². The molecular formula is C16H21N5. The van der Waals surface area contributed by atoms with Crippen molar-refractivity contribution in [1.29, 1.82) is 0 Å². The highest BCUT2D eigenvalue weighted by molar-refractivity contribution is 5.79. The number of benzene rings is 1. The van der Waals surface area contributed by atoms with Gasteiger partial charge in [0.15, 0.2) is 0 Å². The molecule has 0 fully saturated rings. The smallest absolute Gasteiger partial charge is 0.112 e. The summed E-state index contributed by atoms with van der Waals surface area (Å²) in [6.07, 6.45) is 2.78. The van der Waals surface area contributed by atoms with Crippen molar-refractivity contribution in [1.82, 2.24) is 19.3 Å². The summed E-state index contributed by atoms with van der Waals surface area (Å²) >= 11 is 0. The molecule has 0 aliphatic carbocycles. The summed E-state index contributed by atoms with van der Waals surface area (Å²) in [7, 11) is 1.98. The summed E-state index contributed by atoms with van der Waals surface area (Å²) in [5.74, 6) is 1.49. The fraction of sp³-hybridized carbons (Fsp3) is 0.375. The Morgan fingerprint density at radius 3 is 2.71 bits per heavy atom. The van der Waals surface area contributed by atoms with Crippen LogP contribution in [0.2, 0.25) is 0 Å². The number of anilines is 1. The molecule has 0 spiro atoms. The summed E-state index contributed by atoms with van der Waals surface area (Å²) < 4.78 is 4.22. The Kier molecular flexibility index (Phi) is 3.41. The second-order valence-corrected chi connectivity index (χ2v) is 5.72. The van der Waals surface area contributed by atoms with Crippen molar-refractivity contribution in [3.05, 3.63) is 42.0 Å². The topological polar surface area (TPSA) is 61.7 Å². The third-order valence-electron chi connectivity index (χ3n) is 3.83. The lowest BCUT2D eigenvalue weighted by molar-refractivity contribution is 0.606. The number of nitrogens with two attached hydrogens (primary N) is 1. The van der Waals surface area contributed by atoms with Crippen LogP contribution in [0.4, 0.5) is 5.69 Å². The Morgan fingerprint density at radius 1 is 1.24 bits per heavy atom. The predicted octanol–water partition coefficient (Wildman–Crippen LogP) is 2.72. The zero-order chi connectivity index (χ0) is 15.0. The monoisotopic (exact) mass is 283 g/mol. The molecule has 2 heterocycles. The molecule has 0 bridgehead atoms. The van der Waals surface area contributed by atoms with E-state index in [-0.39, 0.29) is 0 Å². The molecule has 5 heteroatoms. The Morgan fingerprint density at radius 2 is 2.05 bits per heavy atom. The van der Waals surface area contributed by atoms with Crippen LogP contribution in [0, 0.1) is 0 Å². The molecule has 3 aromatic rings. The van der Waals surface area contributed by atoms with Crippen molar-refractivity contribution in [3.8, 4) is 0 Å². The molecule has 2 aromatic heterocycles. The number of hydrogen-bond acceptors (Lipinski definition) is 3. The molecule has 1 aromatic carbocycles. The lowest BCUT2D eigenvalue weighted by atomic mass is 10.2. The van der Waals surface area contributed by atoms with Crippen LogP contribution in [-0.2, 0) is 20.0 Å². The largest absolute Gasteiger partial charge is 0.399 e. The van der Waals surface area contributed by atoms with Gasteiger partial charge in [0.25, 0.3) is 0 Å². The molecule has 0 aliphatic heterocycles. The van der Waals surface area contributed by atoms with Gasteiger partial charge in [0.1, 0.15) is 5.82 Å². The number of aryl methyl sites for hydroxylation is 3. The van der Waals surface area contributed by atoms with Crippen molar-refractivity contribution < 1.29 is 0 Å². The number of fused-ring (bicyclic) bond motifs is 1. The third-order valence-corrected chi connectivity index (χ3v) is 3.83. The summed E-state index contributed by atoms with van der Waals surface area (Å²) in [5, 5.41) is 4.22. The van der Waals surface area contributed by atoms with Crippen molar-refractivity contribution in [2.45, 2.75) is 32.7 Å². The van der Waals surface area contributed by atoms with Crippen LogP contribution in [0.25, 0.3) is 11.0 Å². The van der Waals surface area contributed by atoms with E-state index in [4.69, 9.17) is 10.7 Å². The normalized spacial score (nSPS) is 11.6. The van der Waals surface area contributed by atoms with Gasteiger partial charge in [-0.25, -0.2) is 4.98 Å². The van der Waals surface area contributed by atoms with E-state index < -0.39 is 0 Å². The van der Waals surface area contributed by atoms with E-state index in [1.165, 1.54) is 5.69 Å². The molecule has 5 nitrogen and oxygen atoms in total. The van der Waals surface area contributed by atoms with Crippen molar-refractivity contribution in [3.63, 3.8) is 0 Å². The SMILES string of the molecule is CC(C)c1nc2cc(N)ccc2n1CCc1ccnn1C. The van der Waals surface area contributed by atoms with E-state index in [0.29, 0.717) is 5.92 Å².